The van der Waals surface area contributed by atoms with Gasteiger partial charge < -0.3 is 0 Å². The zero-order chi connectivity index (χ0) is 21.3. The Morgan fingerprint density at radius 3 is 1.93 bits per heavy atom. The van der Waals surface area contributed by atoms with E-state index < -0.39 is 0 Å². The van der Waals surface area contributed by atoms with Gasteiger partial charge in [0, 0.05) is 11.1 Å². The number of halogens is 4. The van der Waals surface area contributed by atoms with E-state index in [9.17, 15) is 0 Å². The number of benzene rings is 3. The van der Waals surface area contributed by atoms with Gasteiger partial charge >= 0.3 is 0 Å². The van der Waals surface area contributed by atoms with Crippen molar-refractivity contribution in [1.82, 2.24) is 9.78 Å². The summed E-state index contributed by atoms with van der Waals surface area (Å²) >= 11 is 24.7. The summed E-state index contributed by atoms with van der Waals surface area (Å²) in [6.45, 7) is 4.39. The second-order valence-corrected chi connectivity index (χ2v) is 8.40. The van der Waals surface area contributed by atoms with Gasteiger partial charge in [0.2, 0.25) is 0 Å². The minimum atomic E-state index is 0.486. The highest BCUT2D eigenvalue weighted by atomic mass is 35.5. The zero-order valence-corrected chi connectivity index (χ0v) is 18.8. The highest BCUT2D eigenvalue weighted by molar-refractivity contribution is 6.42. The molecule has 150 valence electrons. The van der Waals surface area contributed by atoms with Crippen LogP contribution in [0.25, 0.3) is 28.6 Å². The predicted molar refractivity (Wildman–Crippen MR) is 129 cm³/mol. The van der Waals surface area contributed by atoms with Crippen LogP contribution in [0.1, 0.15) is 11.1 Å². The summed E-state index contributed by atoms with van der Waals surface area (Å²) in [5.74, 6) is 0. The molecule has 0 aliphatic heterocycles. The van der Waals surface area contributed by atoms with Crippen molar-refractivity contribution in [3.63, 3.8) is 0 Å². The van der Waals surface area contributed by atoms with Gasteiger partial charge in [0.25, 0.3) is 0 Å². The lowest BCUT2D eigenvalue weighted by Crippen LogP contribution is -2.04. The molecule has 0 amide bonds. The van der Waals surface area contributed by atoms with Gasteiger partial charge in [-0.15, -0.1) is 0 Å². The van der Waals surface area contributed by atoms with Crippen molar-refractivity contribution in [2.24, 2.45) is 0 Å². The molecule has 6 heteroatoms. The van der Waals surface area contributed by atoms with Crippen molar-refractivity contribution in [1.29, 1.82) is 0 Å². The number of aromatic nitrogens is 2. The van der Waals surface area contributed by atoms with E-state index in [-0.39, 0.29) is 0 Å². The van der Waals surface area contributed by atoms with Crippen molar-refractivity contribution < 1.29 is 0 Å². The van der Waals surface area contributed by atoms with E-state index in [1.54, 1.807) is 12.1 Å². The fourth-order valence-electron chi connectivity index (χ4n) is 3.15. The first-order valence-corrected chi connectivity index (χ1v) is 10.7. The Morgan fingerprint density at radius 1 is 0.733 bits per heavy atom. The SMILES string of the molecule is C=Cc1ccc(Cn2nc(-c3ccc(Cl)c(Cl)c3)cc2-c2ccc(Cl)c(Cl)c2)cc1. The topological polar surface area (TPSA) is 17.8 Å². The predicted octanol–water partition coefficient (Wildman–Crippen LogP) is 8.52. The minimum Gasteiger partial charge on any atom is -0.260 e. The van der Waals surface area contributed by atoms with Crippen LogP contribution < -0.4 is 0 Å². The molecule has 2 nitrogen and oxygen atoms in total. The van der Waals surface area contributed by atoms with Gasteiger partial charge in [0.15, 0.2) is 0 Å². The molecule has 1 heterocycles. The lowest BCUT2D eigenvalue weighted by Gasteiger charge is -2.09. The van der Waals surface area contributed by atoms with Crippen LogP contribution >= 0.6 is 46.4 Å². The summed E-state index contributed by atoms with van der Waals surface area (Å²) in [6, 6.07) is 21.3. The molecule has 0 radical (unpaired) electrons. The molecular weight excluding hydrogens is 458 g/mol. The number of rotatable bonds is 5. The zero-order valence-electron chi connectivity index (χ0n) is 15.7. The summed E-state index contributed by atoms with van der Waals surface area (Å²) in [7, 11) is 0. The molecule has 0 spiro atoms. The molecule has 0 aliphatic rings. The van der Waals surface area contributed by atoms with Crippen molar-refractivity contribution in [2.75, 3.05) is 0 Å². The average Bonchev–Trinajstić information content (AvgIpc) is 3.16. The highest BCUT2D eigenvalue weighted by Crippen LogP contribution is 2.33. The molecule has 0 saturated carbocycles. The van der Waals surface area contributed by atoms with E-state index in [4.69, 9.17) is 51.5 Å². The van der Waals surface area contributed by atoms with Crippen LogP contribution in [-0.4, -0.2) is 9.78 Å². The van der Waals surface area contributed by atoms with Gasteiger partial charge in [0.05, 0.1) is 38.0 Å². The molecule has 30 heavy (non-hydrogen) atoms. The standard InChI is InChI=1S/C24H16Cl4N2/c1-2-15-3-5-16(6-4-15)14-30-24(18-8-10-20(26)22(28)12-18)13-23(29-30)17-7-9-19(25)21(27)11-17/h2-13H,1,14H2. The Bertz CT molecular complexity index is 1230. The number of nitrogens with zero attached hydrogens (tertiary/aromatic N) is 2. The van der Waals surface area contributed by atoms with Crippen LogP contribution in [0.4, 0.5) is 0 Å². The first-order valence-electron chi connectivity index (χ1n) is 9.14. The molecule has 0 bridgehead atoms. The average molecular weight is 474 g/mol. The largest absolute Gasteiger partial charge is 0.260 e. The molecule has 0 aliphatic carbocycles. The van der Waals surface area contributed by atoms with Crippen LogP contribution in [-0.2, 0) is 6.54 Å². The first-order chi connectivity index (χ1) is 14.4. The summed E-state index contributed by atoms with van der Waals surface area (Å²) in [4.78, 5) is 0. The number of hydrogen-bond acceptors (Lipinski definition) is 1. The van der Waals surface area contributed by atoms with E-state index in [0.717, 1.165) is 33.6 Å². The normalized spacial score (nSPS) is 10.9. The van der Waals surface area contributed by atoms with E-state index in [1.807, 2.05) is 53.2 Å². The van der Waals surface area contributed by atoms with Crippen LogP contribution in [0.3, 0.4) is 0 Å². The summed E-state index contributed by atoms with van der Waals surface area (Å²) in [5, 5.41) is 6.83. The lowest BCUT2D eigenvalue weighted by molar-refractivity contribution is 0.697. The Hall–Kier alpha value is -2.23. The van der Waals surface area contributed by atoms with E-state index in [2.05, 4.69) is 18.7 Å². The molecule has 1 aromatic heterocycles. The second kappa shape index (κ2) is 8.87. The molecule has 0 atom stereocenters. The maximum atomic E-state index is 6.27. The van der Waals surface area contributed by atoms with Crippen LogP contribution in [0, 0.1) is 0 Å². The maximum absolute atomic E-state index is 6.27. The van der Waals surface area contributed by atoms with Crippen molar-refractivity contribution in [3.05, 3.63) is 105 Å². The van der Waals surface area contributed by atoms with Crippen molar-refractivity contribution >= 4 is 52.5 Å². The maximum Gasteiger partial charge on any atom is 0.0930 e. The fourth-order valence-corrected chi connectivity index (χ4v) is 3.75. The molecule has 0 N–H and O–H groups in total. The van der Waals surface area contributed by atoms with Gasteiger partial charge in [-0.3, -0.25) is 4.68 Å². The van der Waals surface area contributed by atoms with Crippen molar-refractivity contribution in [2.45, 2.75) is 6.54 Å². The fraction of sp³-hybridized carbons (Fsp3) is 0.0417. The van der Waals surface area contributed by atoms with Gasteiger partial charge in [-0.2, -0.15) is 5.10 Å². The van der Waals surface area contributed by atoms with E-state index in [0.29, 0.717) is 26.6 Å². The smallest absolute Gasteiger partial charge is 0.0930 e. The van der Waals surface area contributed by atoms with Crippen LogP contribution in [0.5, 0.6) is 0 Å². The third kappa shape index (κ3) is 4.43. The summed E-state index contributed by atoms with van der Waals surface area (Å²) in [6.07, 6.45) is 1.82. The van der Waals surface area contributed by atoms with Crippen molar-refractivity contribution in [3.8, 4) is 22.5 Å². The van der Waals surface area contributed by atoms with Gasteiger partial charge in [-0.1, -0.05) is 95.5 Å². The van der Waals surface area contributed by atoms with E-state index in [1.165, 1.54) is 0 Å². The molecule has 0 saturated heterocycles. The van der Waals surface area contributed by atoms with Crippen LogP contribution in [0.15, 0.2) is 73.3 Å². The third-order valence-corrected chi connectivity index (χ3v) is 6.24. The molecule has 0 unspecified atom stereocenters. The molecule has 3 aromatic carbocycles. The molecular formula is C24H16Cl4N2. The second-order valence-electron chi connectivity index (χ2n) is 6.78. The molecule has 0 fully saturated rings. The Morgan fingerprint density at radius 2 is 1.33 bits per heavy atom. The highest BCUT2D eigenvalue weighted by Gasteiger charge is 2.14. The summed E-state index contributed by atoms with van der Waals surface area (Å²) < 4.78 is 1.94. The lowest BCUT2D eigenvalue weighted by atomic mass is 10.1. The molecule has 4 aromatic rings. The summed E-state index contributed by atoms with van der Waals surface area (Å²) in [5.41, 5.74) is 5.70. The molecule has 4 rings (SSSR count). The van der Waals surface area contributed by atoms with E-state index >= 15 is 0 Å². The monoisotopic (exact) mass is 472 g/mol. The quantitative estimate of drug-likeness (QED) is 0.284. The number of hydrogen-bond donors (Lipinski definition) is 0. The minimum absolute atomic E-state index is 0.486. The van der Waals surface area contributed by atoms with Crippen LogP contribution in [0.2, 0.25) is 20.1 Å². The first kappa shape index (κ1) is 21.0. The Balaban J connectivity index is 1.80. The Labute approximate surface area is 195 Å². The Kier molecular flexibility index (Phi) is 6.21. The third-order valence-electron chi connectivity index (χ3n) is 4.76. The van der Waals surface area contributed by atoms with Gasteiger partial charge in [-0.05, 0) is 41.5 Å². The van der Waals surface area contributed by atoms with Gasteiger partial charge in [0.1, 0.15) is 0 Å². The van der Waals surface area contributed by atoms with Gasteiger partial charge in [-0.25, -0.2) is 0 Å².